The highest BCUT2D eigenvalue weighted by Gasteiger charge is 2.21. The largest absolute Gasteiger partial charge is 0.489 e. The molecule has 0 atom stereocenters. The maximum Gasteiger partial charge on any atom is 0.281 e. The lowest BCUT2D eigenvalue weighted by Gasteiger charge is -2.12. The van der Waals surface area contributed by atoms with Gasteiger partial charge in [-0.1, -0.05) is 47.7 Å². The molecule has 12 heteroatoms. The van der Waals surface area contributed by atoms with E-state index in [0.717, 1.165) is 40.1 Å². The predicted molar refractivity (Wildman–Crippen MR) is 147 cm³/mol. The third kappa shape index (κ3) is 6.75. The number of nitrogens with zero attached hydrogens (tertiary/aromatic N) is 4. The summed E-state index contributed by atoms with van der Waals surface area (Å²) < 4.78 is 21.0. The molecule has 9 nitrogen and oxygen atoms in total. The lowest BCUT2D eigenvalue weighted by molar-refractivity contribution is -0.113. The molecule has 0 saturated carbocycles. The Morgan fingerprint density at radius 2 is 1.79 bits per heavy atom. The van der Waals surface area contributed by atoms with E-state index in [2.05, 4.69) is 25.9 Å². The van der Waals surface area contributed by atoms with Crippen LogP contribution in [0.3, 0.4) is 0 Å². The van der Waals surface area contributed by atoms with E-state index in [4.69, 9.17) is 4.74 Å². The van der Waals surface area contributed by atoms with Crippen molar-refractivity contribution in [2.75, 3.05) is 23.0 Å². The van der Waals surface area contributed by atoms with Crippen LogP contribution in [0.25, 0.3) is 5.69 Å². The summed E-state index contributed by atoms with van der Waals surface area (Å²) in [4.78, 5) is 25.5. The fourth-order valence-electron chi connectivity index (χ4n) is 3.71. The van der Waals surface area contributed by atoms with Crippen LogP contribution in [0.1, 0.15) is 40.5 Å². The average molecular weight is 555 g/mol. The molecule has 2 N–H and O–H groups in total. The number of rotatable bonds is 10. The number of carbonyl (C=O) groups excluding carboxylic acids is 2. The van der Waals surface area contributed by atoms with Crippen LogP contribution >= 0.6 is 23.1 Å². The van der Waals surface area contributed by atoms with E-state index < -0.39 is 5.91 Å². The molecule has 2 aromatic heterocycles. The summed E-state index contributed by atoms with van der Waals surface area (Å²) in [5.41, 5.74) is 4.61. The first kappa shape index (κ1) is 27.3. The number of aryl methyl sites for hydroxylation is 3. The third-order valence-corrected chi connectivity index (χ3v) is 7.32. The zero-order chi connectivity index (χ0) is 27.2. The summed E-state index contributed by atoms with van der Waals surface area (Å²) >= 11 is 2.38. The first-order chi connectivity index (χ1) is 18.2. The molecule has 198 valence electrons. The van der Waals surface area contributed by atoms with Crippen molar-refractivity contribution in [1.29, 1.82) is 0 Å². The van der Waals surface area contributed by atoms with Crippen LogP contribution in [0, 0.1) is 26.6 Å². The summed E-state index contributed by atoms with van der Waals surface area (Å²) in [6, 6.07) is 9.78. The van der Waals surface area contributed by atoms with Crippen molar-refractivity contribution in [1.82, 2.24) is 20.0 Å². The summed E-state index contributed by atoms with van der Waals surface area (Å²) in [5.74, 6) is -0.607. The van der Waals surface area contributed by atoms with E-state index in [-0.39, 0.29) is 28.3 Å². The van der Waals surface area contributed by atoms with Crippen molar-refractivity contribution < 1.29 is 18.7 Å². The molecular weight excluding hydrogens is 527 g/mol. The minimum atomic E-state index is -0.521. The molecule has 0 bridgehead atoms. The van der Waals surface area contributed by atoms with Gasteiger partial charge in [0.25, 0.3) is 5.91 Å². The van der Waals surface area contributed by atoms with Gasteiger partial charge in [0, 0.05) is 5.69 Å². The molecule has 0 aliphatic heterocycles. The number of thioether (sulfide) groups is 1. The molecule has 0 saturated heterocycles. The van der Waals surface area contributed by atoms with Gasteiger partial charge < -0.3 is 10.1 Å². The van der Waals surface area contributed by atoms with Gasteiger partial charge in [-0.2, -0.15) is 5.10 Å². The minimum Gasteiger partial charge on any atom is -0.489 e. The number of nitrogens with one attached hydrogen (secondary N) is 2. The fourth-order valence-corrected chi connectivity index (χ4v) is 5.26. The van der Waals surface area contributed by atoms with Gasteiger partial charge in [-0.25, -0.2) is 9.07 Å². The van der Waals surface area contributed by atoms with Gasteiger partial charge >= 0.3 is 0 Å². The highest BCUT2D eigenvalue weighted by atomic mass is 32.2. The first-order valence-corrected chi connectivity index (χ1v) is 13.7. The Labute approximate surface area is 227 Å². The SMILES string of the molecule is CCCOc1cn(-c2ccc(F)cc2)nc1C(=O)Nc1nnc(SCC(=O)Nc2c(C)cc(C)cc2C)s1. The lowest BCUT2D eigenvalue weighted by atomic mass is 10.1. The fraction of sp³-hybridized carbons (Fsp3) is 0.269. The summed E-state index contributed by atoms with van der Waals surface area (Å²) in [5, 5.41) is 18.3. The molecule has 2 aromatic carbocycles. The van der Waals surface area contributed by atoms with Gasteiger partial charge in [0.1, 0.15) is 5.82 Å². The van der Waals surface area contributed by atoms with Crippen LogP contribution in [-0.4, -0.2) is 44.2 Å². The Hall–Kier alpha value is -3.77. The Balaban J connectivity index is 1.40. The molecule has 0 aliphatic carbocycles. The Bertz CT molecular complexity index is 1430. The second-order valence-electron chi connectivity index (χ2n) is 8.55. The van der Waals surface area contributed by atoms with Gasteiger partial charge in [0.15, 0.2) is 15.8 Å². The normalized spacial score (nSPS) is 10.9. The van der Waals surface area contributed by atoms with E-state index in [0.29, 0.717) is 22.4 Å². The third-order valence-electron chi connectivity index (χ3n) is 5.34. The van der Waals surface area contributed by atoms with Crippen molar-refractivity contribution in [3.63, 3.8) is 0 Å². The smallest absolute Gasteiger partial charge is 0.281 e. The zero-order valence-electron chi connectivity index (χ0n) is 21.4. The average Bonchev–Trinajstić information content (AvgIpc) is 3.51. The molecular formula is C26H27FN6O3S2. The van der Waals surface area contributed by atoms with Crippen LogP contribution in [0.2, 0.25) is 0 Å². The summed E-state index contributed by atoms with van der Waals surface area (Å²) in [7, 11) is 0. The van der Waals surface area contributed by atoms with Crippen LogP contribution in [0.4, 0.5) is 15.2 Å². The van der Waals surface area contributed by atoms with Crippen LogP contribution in [-0.2, 0) is 4.79 Å². The second-order valence-corrected chi connectivity index (χ2v) is 10.7. The number of amides is 2. The monoisotopic (exact) mass is 554 g/mol. The number of anilines is 2. The number of benzene rings is 2. The number of carbonyl (C=O) groups is 2. The summed E-state index contributed by atoms with van der Waals surface area (Å²) in [6.45, 7) is 8.30. The van der Waals surface area contributed by atoms with E-state index in [1.807, 2.05) is 39.8 Å². The van der Waals surface area contributed by atoms with Gasteiger partial charge in [0.05, 0.1) is 24.2 Å². The number of ether oxygens (including phenoxy) is 1. The highest BCUT2D eigenvalue weighted by molar-refractivity contribution is 8.01. The minimum absolute atomic E-state index is 0.0652. The topological polar surface area (TPSA) is 111 Å². The van der Waals surface area contributed by atoms with Crippen molar-refractivity contribution in [2.45, 2.75) is 38.5 Å². The van der Waals surface area contributed by atoms with E-state index in [1.165, 1.54) is 28.6 Å². The maximum absolute atomic E-state index is 13.3. The molecule has 0 radical (unpaired) electrons. The quantitative estimate of drug-likeness (QED) is 0.195. The highest BCUT2D eigenvalue weighted by Crippen LogP contribution is 2.28. The Kier molecular flexibility index (Phi) is 8.74. The van der Waals surface area contributed by atoms with E-state index in [9.17, 15) is 14.0 Å². The molecule has 0 spiro atoms. The summed E-state index contributed by atoms with van der Waals surface area (Å²) in [6.07, 6.45) is 2.33. The van der Waals surface area contributed by atoms with Crippen molar-refractivity contribution in [3.05, 3.63) is 70.8 Å². The molecule has 0 aliphatic rings. The molecule has 2 heterocycles. The number of hydrogen-bond donors (Lipinski definition) is 2. The number of aromatic nitrogens is 4. The molecule has 0 fully saturated rings. The van der Waals surface area contributed by atoms with Gasteiger partial charge in [-0.3, -0.25) is 14.9 Å². The number of halogens is 1. The molecule has 38 heavy (non-hydrogen) atoms. The van der Waals surface area contributed by atoms with Crippen molar-refractivity contribution in [2.24, 2.45) is 0 Å². The van der Waals surface area contributed by atoms with E-state index in [1.54, 1.807) is 18.3 Å². The molecule has 0 unspecified atom stereocenters. The second kappa shape index (κ2) is 12.2. The maximum atomic E-state index is 13.3. The predicted octanol–water partition coefficient (Wildman–Crippen LogP) is 5.56. The molecule has 4 aromatic rings. The van der Waals surface area contributed by atoms with Crippen molar-refractivity contribution in [3.8, 4) is 11.4 Å². The lowest BCUT2D eigenvalue weighted by Crippen LogP contribution is -2.15. The Morgan fingerprint density at radius 1 is 1.08 bits per heavy atom. The van der Waals surface area contributed by atoms with Gasteiger partial charge in [-0.15, -0.1) is 10.2 Å². The molecule has 2 amide bonds. The van der Waals surface area contributed by atoms with Crippen LogP contribution < -0.4 is 15.4 Å². The van der Waals surface area contributed by atoms with Gasteiger partial charge in [-0.05, 0) is 62.6 Å². The van der Waals surface area contributed by atoms with Crippen molar-refractivity contribution >= 4 is 45.7 Å². The van der Waals surface area contributed by atoms with Gasteiger partial charge in [0.2, 0.25) is 11.0 Å². The zero-order valence-corrected chi connectivity index (χ0v) is 23.0. The molecule has 4 rings (SSSR count). The van der Waals surface area contributed by atoms with Crippen LogP contribution in [0.5, 0.6) is 5.75 Å². The standard InChI is InChI=1S/C26H27FN6O3S2/c1-5-10-36-20-13-33(19-8-6-18(27)7-9-19)32-23(20)24(35)29-25-30-31-26(38-25)37-14-21(34)28-22-16(3)11-15(2)12-17(22)4/h6-9,11-13H,5,10,14H2,1-4H3,(H,28,34)(H,29,30,35). The van der Waals surface area contributed by atoms with Crippen LogP contribution in [0.15, 0.2) is 46.9 Å². The van der Waals surface area contributed by atoms with E-state index >= 15 is 0 Å². The first-order valence-electron chi connectivity index (χ1n) is 11.9. The number of hydrogen-bond acceptors (Lipinski definition) is 8. The Morgan fingerprint density at radius 3 is 2.47 bits per heavy atom.